The van der Waals surface area contributed by atoms with Crippen molar-refractivity contribution in [3.8, 4) is 16.9 Å². The van der Waals surface area contributed by atoms with E-state index >= 15 is 0 Å². The molecule has 0 spiro atoms. The minimum absolute atomic E-state index is 0.114. The van der Waals surface area contributed by atoms with E-state index in [-0.39, 0.29) is 5.75 Å². The Bertz CT molecular complexity index is 1090. The highest BCUT2D eigenvalue weighted by molar-refractivity contribution is 7.97. The lowest BCUT2D eigenvalue weighted by molar-refractivity contribution is -0.0498. The minimum atomic E-state index is -2.85. The van der Waals surface area contributed by atoms with E-state index in [1.807, 2.05) is 37.4 Å². The summed E-state index contributed by atoms with van der Waals surface area (Å²) in [7, 11) is 1.88. The molecular weight excluding hydrogens is 456 g/mol. The predicted octanol–water partition coefficient (Wildman–Crippen LogP) is 5.20. The maximum atomic E-state index is 12.4. The van der Waals surface area contributed by atoms with Crippen molar-refractivity contribution in [1.29, 1.82) is 0 Å². The molecule has 0 saturated heterocycles. The fourth-order valence-corrected chi connectivity index (χ4v) is 3.57. The van der Waals surface area contributed by atoms with Crippen LogP contribution in [0.4, 0.5) is 14.5 Å². The van der Waals surface area contributed by atoms with Crippen molar-refractivity contribution in [3.63, 3.8) is 0 Å². The molecule has 9 heteroatoms. The van der Waals surface area contributed by atoms with Crippen LogP contribution in [0.3, 0.4) is 0 Å². The maximum Gasteiger partial charge on any atom is 0.387 e. The Kier molecular flexibility index (Phi) is 9.87. The van der Waals surface area contributed by atoms with E-state index in [1.165, 1.54) is 12.1 Å². The van der Waals surface area contributed by atoms with E-state index in [4.69, 9.17) is 5.73 Å². The monoisotopic (exact) mass is 483 g/mol. The van der Waals surface area contributed by atoms with Crippen molar-refractivity contribution in [2.24, 2.45) is 10.7 Å². The van der Waals surface area contributed by atoms with Gasteiger partial charge < -0.3 is 15.8 Å². The number of allylic oxidation sites excluding steroid dienone is 1. The van der Waals surface area contributed by atoms with Crippen molar-refractivity contribution < 1.29 is 13.5 Å². The average molecular weight is 484 g/mol. The topological polar surface area (TPSA) is 84.6 Å². The van der Waals surface area contributed by atoms with Crippen LogP contribution in [0.1, 0.15) is 11.1 Å². The SMILES string of the molecule is CNSCCNc1ccc(-c2ccc(OC(F)F)cc2)cc1/C(N)=C/C=NCc1cccnc1. The van der Waals surface area contributed by atoms with Gasteiger partial charge in [-0.15, -0.1) is 0 Å². The first kappa shape index (κ1) is 25.2. The van der Waals surface area contributed by atoms with Gasteiger partial charge in [0.1, 0.15) is 5.75 Å². The number of ether oxygens (including phenoxy) is 1. The summed E-state index contributed by atoms with van der Waals surface area (Å²) in [5.41, 5.74) is 11.5. The molecule has 0 atom stereocenters. The Morgan fingerprint density at radius 3 is 2.68 bits per heavy atom. The normalized spacial score (nSPS) is 11.8. The summed E-state index contributed by atoms with van der Waals surface area (Å²) in [5, 5.41) is 3.42. The molecule has 3 aromatic rings. The fourth-order valence-electron chi connectivity index (χ4n) is 3.16. The van der Waals surface area contributed by atoms with Crippen LogP contribution in [0, 0.1) is 0 Å². The van der Waals surface area contributed by atoms with Crippen LogP contribution in [0.2, 0.25) is 0 Å². The van der Waals surface area contributed by atoms with Crippen molar-refractivity contribution in [2.75, 3.05) is 24.7 Å². The van der Waals surface area contributed by atoms with Gasteiger partial charge in [-0.2, -0.15) is 8.78 Å². The first-order chi connectivity index (χ1) is 16.6. The smallest absolute Gasteiger partial charge is 0.387 e. The number of hydrogen-bond acceptors (Lipinski definition) is 7. The molecule has 0 aliphatic carbocycles. The summed E-state index contributed by atoms with van der Waals surface area (Å²) in [4.78, 5) is 8.49. The number of anilines is 1. The zero-order chi connectivity index (χ0) is 24.2. The lowest BCUT2D eigenvalue weighted by Crippen LogP contribution is -2.10. The Hall–Kier alpha value is -3.43. The molecule has 0 bridgehead atoms. The number of halogens is 2. The van der Waals surface area contributed by atoms with Gasteiger partial charge in [0.25, 0.3) is 0 Å². The van der Waals surface area contributed by atoms with Crippen molar-refractivity contribution in [2.45, 2.75) is 13.2 Å². The molecule has 4 N–H and O–H groups in total. The number of hydrogen-bond donors (Lipinski definition) is 3. The van der Waals surface area contributed by atoms with Gasteiger partial charge in [0.05, 0.1) is 6.54 Å². The molecule has 0 fully saturated rings. The Balaban J connectivity index is 1.81. The van der Waals surface area contributed by atoms with Gasteiger partial charge >= 0.3 is 6.61 Å². The molecule has 2 aromatic carbocycles. The molecular formula is C25H27F2N5OS. The standard InChI is InChI=1S/C25H27F2N5OS/c1-29-34-14-13-32-24-9-6-20(19-4-7-21(8-5-19)33-25(26)27)15-22(24)23(28)10-12-31-17-18-3-2-11-30-16-18/h2-12,15-16,25,29,32H,13-14,17,28H2,1H3/b23-10-,31-12?. The third-order valence-corrected chi connectivity index (χ3v) is 5.46. The van der Waals surface area contributed by atoms with Gasteiger partial charge in [-0.1, -0.05) is 36.2 Å². The molecule has 0 aliphatic heterocycles. The quantitative estimate of drug-likeness (QED) is 0.187. The van der Waals surface area contributed by atoms with Gasteiger partial charge in [-0.05, 0) is 60.1 Å². The van der Waals surface area contributed by atoms with Crippen LogP contribution in [0.5, 0.6) is 5.75 Å². The number of nitrogens with two attached hydrogens (primary N) is 1. The van der Waals surface area contributed by atoms with Crippen LogP contribution in [-0.4, -0.2) is 37.2 Å². The summed E-state index contributed by atoms with van der Waals surface area (Å²) in [5.74, 6) is 0.989. The zero-order valence-electron chi connectivity index (χ0n) is 18.7. The number of nitrogens with zero attached hydrogens (tertiary/aromatic N) is 2. The molecule has 6 nitrogen and oxygen atoms in total. The second-order valence-electron chi connectivity index (χ2n) is 7.12. The van der Waals surface area contributed by atoms with E-state index in [2.05, 4.69) is 24.8 Å². The van der Waals surface area contributed by atoms with Crippen molar-refractivity contribution >= 4 is 29.5 Å². The van der Waals surface area contributed by atoms with Crippen LogP contribution < -0.4 is 20.5 Å². The number of aliphatic imine (C=N–C) groups is 1. The Labute approximate surface area is 202 Å². The van der Waals surface area contributed by atoms with E-state index in [0.29, 0.717) is 12.2 Å². The predicted molar refractivity (Wildman–Crippen MR) is 137 cm³/mol. The molecule has 178 valence electrons. The van der Waals surface area contributed by atoms with Crippen molar-refractivity contribution in [3.05, 3.63) is 84.2 Å². The first-order valence-electron chi connectivity index (χ1n) is 10.6. The van der Waals surface area contributed by atoms with Gasteiger partial charge in [-0.3, -0.25) is 14.7 Å². The highest BCUT2D eigenvalue weighted by atomic mass is 32.2. The molecule has 34 heavy (non-hydrogen) atoms. The molecule has 0 unspecified atom stereocenters. The van der Waals surface area contributed by atoms with Gasteiger partial charge in [0.2, 0.25) is 0 Å². The molecule has 1 aromatic heterocycles. The van der Waals surface area contributed by atoms with E-state index in [0.717, 1.165) is 40.2 Å². The molecule has 0 amide bonds. The number of nitrogens with one attached hydrogen (secondary N) is 2. The highest BCUT2D eigenvalue weighted by Crippen LogP contribution is 2.29. The number of alkyl halides is 2. The first-order valence-corrected chi connectivity index (χ1v) is 11.6. The summed E-state index contributed by atoms with van der Waals surface area (Å²) < 4.78 is 32.4. The number of benzene rings is 2. The lowest BCUT2D eigenvalue weighted by Gasteiger charge is -2.14. The fraction of sp³-hybridized carbons (Fsp3) is 0.200. The Morgan fingerprint density at radius 2 is 1.97 bits per heavy atom. The van der Waals surface area contributed by atoms with Crippen LogP contribution in [0.25, 0.3) is 16.8 Å². The van der Waals surface area contributed by atoms with Crippen LogP contribution in [-0.2, 0) is 6.54 Å². The van der Waals surface area contributed by atoms with Crippen molar-refractivity contribution in [1.82, 2.24) is 9.71 Å². The Morgan fingerprint density at radius 1 is 1.18 bits per heavy atom. The molecule has 3 rings (SSSR count). The molecule has 0 aliphatic rings. The van der Waals surface area contributed by atoms with Crippen LogP contribution in [0.15, 0.2) is 78.1 Å². The highest BCUT2D eigenvalue weighted by Gasteiger charge is 2.09. The van der Waals surface area contributed by atoms with E-state index < -0.39 is 6.61 Å². The summed E-state index contributed by atoms with van der Waals surface area (Å²) in [6, 6.07) is 16.2. The van der Waals surface area contributed by atoms with Gasteiger partial charge in [-0.25, -0.2) is 0 Å². The van der Waals surface area contributed by atoms with E-state index in [1.54, 1.807) is 48.8 Å². The average Bonchev–Trinajstić information content (AvgIpc) is 2.85. The largest absolute Gasteiger partial charge is 0.435 e. The lowest BCUT2D eigenvalue weighted by atomic mass is 10.00. The van der Waals surface area contributed by atoms with Gasteiger partial charge in [0.15, 0.2) is 0 Å². The third kappa shape index (κ3) is 7.86. The second-order valence-corrected chi connectivity index (χ2v) is 8.22. The van der Waals surface area contributed by atoms with Gasteiger partial charge in [0, 0.05) is 47.9 Å². The summed E-state index contributed by atoms with van der Waals surface area (Å²) in [6.07, 6.45) is 6.95. The molecule has 0 radical (unpaired) electrons. The third-order valence-electron chi connectivity index (χ3n) is 4.76. The summed E-state index contributed by atoms with van der Waals surface area (Å²) in [6.45, 7) is -1.59. The number of rotatable bonds is 12. The number of pyridine rings is 1. The minimum Gasteiger partial charge on any atom is -0.435 e. The molecule has 1 heterocycles. The second kappa shape index (κ2) is 13.3. The van der Waals surface area contributed by atoms with Crippen LogP contribution >= 0.6 is 11.9 Å². The van der Waals surface area contributed by atoms with E-state index in [9.17, 15) is 8.78 Å². The zero-order valence-corrected chi connectivity index (χ0v) is 19.6. The molecule has 0 saturated carbocycles. The number of aromatic nitrogens is 1. The maximum absolute atomic E-state index is 12.4. The summed E-state index contributed by atoms with van der Waals surface area (Å²) >= 11 is 1.61.